The maximum absolute atomic E-state index is 11.9. The molecule has 0 saturated heterocycles. The van der Waals surface area contributed by atoms with E-state index in [9.17, 15) is 8.42 Å². The van der Waals surface area contributed by atoms with Crippen molar-refractivity contribution in [1.82, 2.24) is 0 Å². The van der Waals surface area contributed by atoms with Crippen molar-refractivity contribution in [3.8, 4) is 6.07 Å². The molecule has 0 bridgehead atoms. The monoisotopic (exact) mass is 279 g/mol. The molecular weight excluding hydrogens is 258 g/mol. The van der Waals surface area contributed by atoms with Gasteiger partial charge in [0.1, 0.15) is 0 Å². The molecule has 1 aromatic rings. The zero-order chi connectivity index (χ0) is 14.1. The summed E-state index contributed by atoms with van der Waals surface area (Å²) in [4.78, 5) is 0. The van der Waals surface area contributed by atoms with Crippen molar-refractivity contribution < 1.29 is 8.42 Å². The number of hydrogen-bond acceptors (Lipinski definition) is 3. The second-order valence-corrected chi connectivity index (χ2v) is 7.00. The molecule has 0 saturated carbocycles. The normalized spacial score (nSPS) is 11.2. The topological polar surface area (TPSA) is 57.9 Å². The number of nitrogens with zero attached hydrogens (tertiary/aromatic N) is 1. The number of sulfone groups is 1. The van der Waals surface area contributed by atoms with E-state index in [1.807, 2.05) is 6.07 Å². The molecule has 104 valence electrons. The van der Waals surface area contributed by atoms with E-state index in [1.165, 1.54) is 6.42 Å². The molecule has 0 aromatic heterocycles. The van der Waals surface area contributed by atoms with Gasteiger partial charge < -0.3 is 0 Å². The first kappa shape index (κ1) is 15.7. The highest BCUT2D eigenvalue weighted by molar-refractivity contribution is 7.90. The standard InChI is InChI=1S/C15H21NO2S/c1-2-3-4-5-6-10-19(17,18)13-15-9-7-8-14(11-15)12-16/h7-9,11H,2-6,10,13H2,1H3. The second-order valence-electron chi connectivity index (χ2n) is 4.82. The van der Waals surface area contributed by atoms with Crippen LogP contribution in [0.4, 0.5) is 0 Å². The molecule has 0 aliphatic rings. The van der Waals surface area contributed by atoms with Gasteiger partial charge in [0, 0.05) is 0 Å². The maximum atomic E-state index is 11.9. The Morgan fingerprint density at radius 1 is 1.16 bits per heavy atom. The Labute approximate surface area is 116 Å². The van der Waals surface area contributed by atoms with Crippen LogP contribution in [0.3, 0.4) is 0 Å². The summed E-state index contributed by atoms with van der Waals surface area (Å²) in [6, 6.07) is 8.84. The summed E-state index contributed by atoms with van der Waals surface area (Å²) in [5.41, 5.74) is 1.21. The van der Waals surface area contributed by atoms with Gasteiger partial charge in [-0.05, 0) is 24.1 Å². The molecule has 0 unspecified atom stereocenters. The fourth-order valence-corrected chi connectivity index (χ4v) is 3.46. The van der Waals surface area contributed by atoms with Crippen LogP contribution in [0, 0.1) is 11.3 Å². The largest absolute Gasteiger partial charge is 0.228 e. The van der Waals surface area contributed by atoms with E-state index >= 15 is 0 Å². The molecule has 19 heavy (non-hydrogen) atoms. The van der Waals surface area contributed by atoms with Crippen molar-refractivity contribution in [3.63, 3.8) is 0 Å². The quantitative estimate of drug-likeness (QED) is 0.685. The Morgan fingerprint density at radius 3 is 2.58 bits per heavy atom. The van der Waals surface area contributed by atoms with Crippen molar-refractivity contribution in [2.75, 3.05) is 5.75 Å². The first-order valence-electron chi connectivity index (χ1n) is 6.77. The molecule has 0 aliphatic heterocycles. The number of nitriles is 1. The summed E-state index contributed by atoms with van der Waals surface area (Å²) in [7, 11) is -3.06. The lowest BCUT2D eigenvalue weighted by Crippen LogP contribution is -2.09. The zero-order valence-corrected chi connectivity index (χ0v) is 12.2. The fourth-order valence-electron chi connectivity index (χ4n) is 1.98. The number of benzene rings is 1. The van der Waals surface area contributed by atoms with Crippen LogP contribution < -0.4 is 0 Å². The minimum atomic E-state index is -3.06. The smallest absolute Gasteiger partial charge is 0.154 e. The lowest BCUT2D eigenvalue weighted by molar-refractivity contribution is 0.586. The predicted octanol–water partition coefficient (Wildman–Crippen LogP) is 3.44. The highest BCUT2D eigenvalue weighted by atomic mass is 32.2. The molecule has 0 spiro atoms. The van der Waals surface area contributed by atoms with Gasteiger partial charge in [-0.1, -0.05) is 44.7 Å². The third-order valence-electron chi connectivity index (χ3n) is 3.00. The average molecular weight is 279 g/mol. The van der Waals surface area contributed by atoms with Crippen LogP contribution in [-0.4, -0.2) is 14.2 Å². The summed E-state index contributed by atoms with van der Waals surface area (Å²) in [6.45, 7) is 2.14. The molecule has 0 amide bonds. The number of rotatable bonds is 8. The van der Waals surface area contributed by atoms with Gasteiger partial charge in [0.25, 0.3) is 0 Å². The van der Waals surface area contributed by atoms with Crippen LogP contribution >= 0.6 is 0 Å². The molecule has 1 rings (SSSR count). The molecule has 0 fully saturated rings. The van der Waals surface area contributed by atoms with E-state index in [4.69, 9.17) is 5.26 Å². The minimum Gasteiger partial charge on any atom is -0.228 e. The predicted molar refractivity (Wildman–Crippen MR) is 77.4 cm³/mol. The van der Waals surface area contributed by atoms with Gasteiger partial charge in [-0.2, -0.15) is 5.26 Å². The second kappa shape index (κ2) is 7.96. The van der Waals surface area contributed by atoms with Gasteiger partial charge >= 0.3 is 0 Å². The van der Waals surface area contributed by atoms with Gasteiger partial charge in [0.2, 0.25) is 0 Å². The lowest BCUT2D eigenvalue weighted by Gasteiger charge is -2.05. The number of unbranched alkanes of at least 4 members (excludes halogenated alkanes) is 4. The SMILES string of the molecule is CCCCCCCS(=O)(=O)Cc1cccc(C#N)c1. The van der Waals surface area contributed by atoms with E-state index in [1.54, 1.807) is 24.3 Å². The van der Waals surface area contributed by atoms with Crippen LogP contribution in [0.15, 0.2) is 24.3 Å². The van der Waals surface area contributed by atoms with E-state index in [0.29, 0.717) is 11.1 Å². The summed E-state index contributed by atoms with van der Waals surface area (Å²) >= 11 is 0. The van der Waals surface area contributed by atoms with Crippen LogP contribution in [0.1, 0.15) is 50.2 Å². The van der Waals surface area contributed by atoms with Crippen molar-refractivity contribution in [2.24, 2.45) is 0 Å². The highest BCUT2D eigenvalue weighted by Crippen LogP contribution is 2.11. The third-order valence-corrected chi connectivity index (χ3v) is 4.69. The molecule has 4 heteroatoms. The minimum absolute atomic E-state index is 0.0380. The Kier molecular flexibility index (Phi) is 6.58. The summed E-state index contributed by atoms with van der Waals surface area (Å²) in [6.07, 6.45) is 5.15. The first-order chi connectivity index (χ1) is 9.07. The zero-order valence-electron chi connectivity index (χ0n) is 11.4. The fraction of sp³-hybridized carbons (Fsp3) is 0.533. The van der Waals surface area contributed by atoms with Crippen molar-refractivity contribution in [2.45, 2.75) is 44.8 Å². The van der Waals surface area contributed by atoms with E-state index in [0.717, 1.165) is 25.7 Å². The molecule has 0 aliphatic carbocycles. The van der Waals surface area contributed by atoms with Gasteiger partial charge in [0.05, 0.1) is 23.1 Å². The molecule has 0 heterocycles. The van der Waals surface area contributed by atoms with Crippen LogP contribution in [0.5, 0.6) is 0 Å². The van der Waals surface area contributed by atoms with Crippen LogP contribution in [-0.2, 0) is 15.6 Å². The van der Waals surface area contributed by atoms with Crippen molar-refractivity contribution in [1.29, 1.82) is 5.26 Å². The Bertz CT molecular complexity index is 529. The first-order valence-corrected chi connectivity index (χ1v) is 8.59. The Hall–Kier alpha value is -1.34. The third kappa shape index (κ3) is 6.40. The van der Waals surface area contributed by atoms with E-state index in [2.05, 4.69) is 6.92 Å². The van der Waals surface area contributed by atoms with Crippen LogP contribution in [0.2, 0.25) is 0 Å². The molecule has 1 aromatic carbocycles. The highest BCUT2D eigenvalue weighted by Gasteiger charge is 2.11. The maximum Gasteiger partial charge on any atom is 0.154 e. The Balaban J connectivity index is 2.48. The molecular formula is C15H21NO2S. The summed E-state index contributed by atoms with van der Waals surface area (Å²) < 4.78 is 23.9. The Morgan fingerprint density at radius 2 is 1.89 bits per heavy atom. The van der Waals surface area contributed by atoms with Crippen molar-refractivity contribution in [3.05, 3.63) is 35.4 Å². The summed E-state index contributed by atoms with van der Waals surface area (Å²) in [5, 5.41) is 8.78. The van der Waals surface area contributed by atoms with Gasteiger partial charge in [-0.3, -0.25) is 0 Å². The van der Waals surface area contributed by atoms with E-state index < -0.39 is 9.84 Å². The molecule has 0 radical (unpaired) electrons. The van der Waals surface area contributed by atoms with Gasteiger partial charge in [-0.25, -0.2) is 8.42 Å². The van der Waals surface area contributed by atoms with Crippen molar-refractivity contribution >= 4 is 9.84 Å². The van der Waals surface area contributed by atoms with Gasteiger partial charge in [0.15, 0.2) is 9.84 Å². The lowest BCUT2D eigenvalue weighted by atomic mass is 10.2. The molecule has 3 nitrogen and oxygen atoms in total. The molecule has 0 atom stereocenters. The van der Waals surface area contributed by atoms with Crippen LogP contribution in [0.25, 0.3) is 0 Å². The molecule has 0 N–H and O–H groups in total. The van der Waals surface area contributed by atoms with E-state index in [-0.39, 0.29) is 11.5 Å². The average Bonchev–Trinajstić information content (AvgIpc) is 2.38. The number of hydrogen-bond donors (Lipinski definition) is 0. The van der Waals surface area contributed by atoms with Gasteiger partial charge in [-0.15, -0.1) is 0 Å². The summed E-state index contributed by atoms with van der Waals surface area (Å²) in [5.74, 6) is 0.282.